The molecule has 2 aliphatic heterocycles. The van der Waals surface area contributed by atoms with E-state index >= 15 is 0 Å². The topological polar surface area (TPSA) is 169 Å². The maximum atomic E-state index is 14.4. The van der Waals surface area contributed by atoms with E-state index in [1.54, 1.807) is 47.1 Å². The van der Waals surface area contributed by atoms with Gasteiger partial charge in [0.25, 0.3) is 5.91 Å². The van der Waals surface area contributed by atoms with Crippen LogP contribution in [0.4, 0.5) is 17.1 Å². The molecule has 0 radical (unpaired) electrons. The number of benzene rings is 3. The molecule has 306 valence electrons. The number of nitrogens with one attached hydrogen (secondary N) is 1. The molecule has 0 aliphatic carbocycles. The van der Waals surface area contributed by atoms with Crippen LogP contribution < -0.4 is 19.9 Å². The van der Waals surface area contributed by atoms with Gasteiger partial charge in [0, 0.05) is 56.3 Å². The molecule has 2 heterocycles. The number of ether oxygens (including phenoxy) is 2. The molecule has 57 heavy (non-hydrogen) atoms. The second-order valence-corrected chi connectivity index (χ2v) is 14.4. The maximum absolute atomic E-state index is 14.4. The van der Waals surface area contributed by atoms with Gasteiger partial charge in [-0.2, -0.15) is 0 Å². The molecular formula is C44H56N4O9. The van der Waals surface area contributed by atoms with Gasteiger partial charge < -0.3 is 39.9 Å². The lowest BCUT2D eigenvalue weighted by atomic mass is 9.82. The summed E-state index contributed by atoms with van der Waals surface area (Å²) < 4.78 is 10.6. The van der Waals surface area contributed by atoms with Gasteiger partial charge in [-0.1, -0.05) is 49.4 Å². The zero-order chi connectivity index (χ0) is 41.0. The zero-order valence-electron chi connectivity index (χ0n) is 33.2. The Bertz CT molecular complexity index is 1890. The van der Waals surface area contributed by atoms with Crippen molar-refractivity contribution in [1.29, 1.82) is 0 Å². The average Bonchev–Trinajstić information content (AvgIpc) is 3.43. The summed E-state index contributed by atoms with van der Waals surface area (Å²) in [7, 11) is 1.33. The van der Waals surface area contributed by atoms with Crippen LogP contribution in [0.1, 0.15) is 69.1 Å². The molecule has 3 aromatic carbocycles. The van der Waals surface area contributed by atoms with Crippen LogP contribution in [0.15, 0.2) is 78.9 Å². The minimum atomic E-state index is -2.05. The number of carbonyl (C=O) groups excluding carboxylic acids is 4. The Balaban J connectivity index is 1.48. The molecule has 3 atom stereocenters. The minimum absolute atomic E-state index is 0.0128. The first-order valence-corrected chi connectivity index (χ1v) is 19.9. The lowest BCUT2D eigenvalue weighted by Crippen LogP contribution is -2.49. The Morgan fingerprint density at radius 2 is 1.77 bits per heavy atom. The van der Waals surface area contributed by atoms with Gasteiger partial charge in [0.2, 0.25) is 11.8 Å². The summed E-state index contributed by atoms with van der Waals surface area (Å²) in [6.07, 6.45) is 6.16. The molecule has 0 bridgehead atoms. The van der Waals surface area contributed by atoms with Crippen LogP contribution in [-0.2, 0) is 42.5 Å². The Labute approximate surface area is 334 Å². The van der Waals surface area contributed by atoms with Crippen LogP contribution >= 0.6 is 0 Å². The van der Waals surface area contributed by atoms with E-state index in [2.05, 4.69) is 5.32 Å². The van der Waals surface area contributed by atoms with E-state index in [9.17, 15) is 34.5 Å². The summed E-state index contributed by atoms with van der Waals surface area (Å²) in [6.45, 7) is 5.23. The van der Waals surface area contributed by atoms with Crippen molar-refractivity contribution in [2.24, 2.45) is 5.92 Å². The molecule has 13 heteroatoms. The number of aliphatic hydroxyl groups is 3. The van der Waals surface area contributed by atoms with Crippen LogP contribution in [0, 0.1) is 5.92 Å². The lowest BCUT2D eigenvalue weighted by Gasteiger charge is -2.35. The first-order valence-electron chi connectivity index (χ1n) is 19.9. The number of methoxy groups -OCH3 is 1. The number of hydrogen-bond donors (Lipinski definition) is 4. The number of rotatable bonds is 21. The molecular weight excluding hydrogens is 729 g/mol. The van der Waals surface area contributed by atoms with Crippen LogP contribution in [0.5, 0.6) is 5.75 Å². The average molecular weight is 785 g/mol. The molecule has 0 aromatic heterocycles. The highest BCUT2D eigenvalue weighted by atomic mass is 16.5. The van der Waals surface area contributed by atoms with E-state index in [4.69, 9.17) is 9.47 Å². The Morgan fingerprint density at radius 1 is 1.00 bits per heavy atom. The van der Waals surface area contributed by atoms with Crippen LogP contribution in [0.25, 0.3) is 0 Å². The third kappa shape index (κ3) is 10.1. The minimum Gasteiger partial charge on any atom is -0.494 e. The number of anilines is 3. The fraction of sp³-hybridized carbons (Fsp3) is 0.455. The third-order valence-electron chi connectivity index (χ3n) is 10.6. The van der Waals surface area contributed by atoms with E-state index in [-0.39, 0.29) is 56.9 Å². The van der Waals surface area contributed by atoms with E-state index in [1.165, 1.54) is 12.0 Å². The monoisotopic (exact) mass is 784 g/mol. The van der Waals surface area contributed by atoms with Crippen molar-refractivity contribution in [3.8, 4) is 5.75 Å². The summed E-state index contributed by atoms with van der Waals surface area (Å²) in [4.78, 5) is 58.5. The van der Waals surface area contributed by atoms with Crippen molar-refractivity contribution < 1.29 is 44.0 Å². The van der Waals surface area contributed by atoms with Crippen LogP contribution in [0.3, 0.4) is 0 Å². The van der Waals surface area contributed by atoms with E-state index in [0.717, 1.165) is 11.1 Å². The molecule has 4 N–H and O–H groups in total. The normalized spacial score (nSPS) is 18.1. The van der Waals surface area contributed by atoms with Crippen LogP contribution in [-0.4, -0.2) is 96.5 Å². The Kier molecular flexibility index (Phi) is 15.4. The first-order chi connectivity index (χ1) is 27.6. The number of unbranched alkanes of at least 4 members (excludes halogenated alkanes) is 2. The van der Waals surface area contributed by atoms with Crippen molar-refractivity contribution in [3.05, 3.63) is 95.6 Å². The summed E-state index contributed by atoms with van der Waals surface area (Å²) in [5, 5.41) is 34.9. The molecule has 0 spiro atoms. The third-order valence-corrected chi connectivity index (χ3v) is 10.6. The number of esters is 1. The smallest absolute Gasteiger partial charge is 0.305 e. The number of carbonyl (C=O) groups is 4. The van der Waals surface area contributed by atoms with Crippen molar-refractivity contribution in [2.75, 3.05) is 56.4 Å². The molecule has 5 rings (SSSR count). The van der Waals surface area contributed by atoms with Crippen molar-refractivity contribution in [2.45, 2.75) is 77.0 Å². The highest BCUT2D eigenvalue weighted by Crippen LogP contribution is 2.48. The molecule has 1 unspecified atom stereocenters. The Morgan fingerprint density at radius 3 is 2.49 bits per heavy atom. The second-order valence-electron chi connectivity index (χ2n) is 14.4. The summed E-state index contributed by atoms with van der Waals surface area (Å²) in [5.41, 5.74) is 1.72. The van der Waals surface area contributed by atoms with Gasteiger partial charge in [-0.25, -0.2) is 0 Å². The predicted molar refractivity (Wildman–Crippen MR) is 217 cm³/mol. The van der Waals surface area contributed by atoms with Gasteiger partial charge in [-0.3, -0.25) is 24.1 Å². The van der Waals surface area contributed by atoms with E-state index in [0.29, 0.717) is 80.2 Å². The largest absolute Gasteiger partial charge is 0.494 e. The van der Waals surface area contributed by atoms with E-state index in [1.807, 2.05) is 55.5 Å². The van der Waals surface area contributed by atoms with Gasteiger partial charge >= 0.3 is 5.97 Å². The number of fused-ring (bicyclic) bond motifs is 2. The first kappa shape index (κ1) is 43.1. The van der Waals surface area contributed by atoms with Gasteiger partial charge in [0.15, 0.2) is 5.60 Å². The van der Waals surface area contributed by atoms with Gasteiger partial charge in [0.05, 0.1) is 37.7 Å². The highest BCUT2D eigenvalue weighted by molar-refractivity contribution is 6.10. The van der Waals surface area contributed by atoms with Crippen LogP contribution in [0.2, 0.25) is 0 Å². The molecule has 0 saturated carbocycles. The predicted octanol–water partition coefficient (Wildman–Crippen LogP) is 4.52. The van der Waals surface area contributed by atoms with Gasteiger partial charge in [0.1, 0.15) is 5.75 Å². The number of nitrogens with zero attached hydrogens (tertiary/aromatic N) is 3. The molecule has 2 aliphatic rings. The SMILES string of the molecule is CCOc1ccc2c(c1)CC(NCCCCO)C(=O)N2c1ccc2c(c1)[C@@](O)([C@H](C)/C=C/CC(=O)N(CCO)Cc1ccccc1)C(=O)N2CCCCC(=O)OC. The fourth-order valence-electron chi connectivity index (χ4n) is 7.52. The number of aliphatic hydroxyl groups excluding tert-OH is 2. The lowest BCUT2D eigenvalue weighted by molar-refractivity contribution is -0.140. The van der Waals surface area contributed by atoms with Gasteiger partial charge in [-0.15, -0.1) is 0 Å². The zero-order valence-corrected chi connectivity index (χ0v) is 33.2. The highest BCUT2D eigenvalue weighted by Gasteiger charge is 2.53. The maximum Gasteiger partial charge on any atom is 0.305 e. The van der Waals surface area contributed by atoms with Crippen molar-refractivity contribution >= 4 is 40.8 Å². The fourth-order valence-corrected chi connectivity index (χ4v) is 7.52. The quantitative estimate of drug-likeness (QED) is 0.0685. The standard InChI is InChI=1S/C44H56N4O9/c1-4-57-35-19-21-38-33(27-35)28-37(45-22-9-11-25-49)42(53)48(38)34-18-20-39-36(29-34)44(55,43(54)47(39)23-10-8-17-41(52)56-3)31(2)13-12-16-40(51)46(24-26-50)30-32-14-6-5-7-15-32/h5-7,12-15,18-21,27,29,31,37,45,49-50,55H,4,8-11,16-17,22-26,28,30H2,1-3H3/b13-12+/t31-,37?,44+/m1/s1. The second kappa shape index (κ2) is 20.4. The summed E-state index contributed by atoms with van der Waals surface area (Å²) in [6, 6.07) is 19.7. The molecule has 0 saturated heterocycles. The van der Waals surface area contributed by atoms with Crippen molar-refractivity contribution in [1.82, 2.24) is 10.2 Å². The summed E-state index contributed by atoms with van der Waals surface area (Å²) in [5.74, 6) is -1.42. The summed E-state index contributed by atoms with van der Waals surface area (Å²) >= 11 is 0. The van der Waals surface area contributed by atoms with E-state index < -0.39 is 23.5 Å². The molecule has 13 nitrogen and oxygen atoms in total. The number of amides is 3. The molecule has 0 fully saturated rings. The molecule has 3 aromatic rings. The van der Waals surface area contributed by atoms with Gasteiger partial charge in [-0.05, 0) is 93.1 Å². The number of hydrogen-bond acceptors (Lipinski definition) is 10. The molecule has 3 amide bonds. The Hall–Kier alpha value is -5.08. The van der Waals surface area contributed by atoms with Crippen molar-refractivity contribution in [3.63, 3.8) is 0 Å².